The topological polar surface area (TPSA) is 32.7 Å². The molecule has 0 saturated carbocycles. The van der Waals surface area contributed by atoms with Crippen molar-refractivity contribution in [1.29, 1.82) is 0 Å². The van der Waals surface area contributed by atoms with Gasteiger partial charge in [-0.3, -0.25) is 0 Å². The summed E-state index contributed by atoms with van der Waals surface area (Å²) in [6.45, 7) is 4.30. The average Bonchev–Trinajstić information content (AvgIpc) is 2.96. The van der Waals surface area contributed by atoms with E-state index in [1.54, 1.807) is 0 Å². The van der Waals surface area contributed by atoms with E-state index in [1.807, 2.05) is 24.3 Å². The third-order valence-corrected chi connectivity index (χ3v) is 3.25. The number of aliphatic hydroxyl groups is 1. The van der Waals surface area contributed by atoms with Gasteiger partial charge in [0.2, 0.25) is 0 Å². The Balaban J connectivity index is 1.67. The number of nitrogens with zero attached hydrogens (tertiary/aromatic N) is 1. The van der Waals surface area contributed by atoms with Crippen LogP contribution >= 0.6 is 0 Å². The summed E-state index contributed by atoms with van der Waals surface area (Å²) in [5.74, 6) is 6.38. The third kappa shape index (κ3) is 4.94. The smallest absolute Gasteiger partial charge is 0.119 e. The second-order valence-corrected chi connectivity index (χ2v) is 4.74. The van der Waals surface area contributed by atoms with Crippen molar-refractivity contribution < 1.29 is 9.84 Å². The number of aliphatic hydroxyl groups excluding tert-OH is 1. The van der Waals surface area contributed by atoms with Crippen LogP contribution in [0.5, 0.6) is 5.75 Å². The lowest BCUT2D eigenvalue weighted by Crippen LogP contribution is -2.21. The first-order valence-electron chi connectivity index (χ1n) is 6.93. The molecule has 1 aliphatic heterocycles. The van der Waals surface area contributed by atoms with Crippen LogP contribution in [-0.4, -0.2) is 42.9 Å². The van der Waals surface area contributed by atoms with Crippen molar-refractivity contribution in [3.63, 3.8) is 0 Å². The van der Waals surface area contributed by atoms with Crippen molar-refractivity contribution in [3.8, 4) is 17.6 Å². The number of likely N-dealkylation sites (tertiary alicyclic amines) is 1. The van der Waals surface area contributed by atoms with Crippen molar-refractivity contribution in [2.24, 2.45) is 0 Å². The molecule has 0 atom stereocenters. The Bertz CT molecular complexity index is 424. The summed E-state index contributed by atoms with van der Waals surface area (Å²) in [4.78, 5) is 2.50. The molecule has 19 heavy (non-hydrogen) atoms. The maximum absolute atomic E-state index is 8.61. The van der Waals surface area contributed by atoms with Crippen LogP contribution in [0.3, 0.4) is 0 Å². The maximum Gasteiger partial charge on any atom is 0.119 e. The minimum Gasteiger partial charge on any atom is -0.494 e. The number of hydrogen-bond donors (Lipinski definition) is 1. The molecule has 1 fully saturated rings. The molecule has 0 spiro atoms. The van der Waals surface area contributed by atoms with E-state index in [-0.39, 0.29) is 6.61 Å². The molecule has 3 nitrogen and oxygen atoms in total. The standard InChI is InChI=1S/C16H21NO2/c18-13-3-5-15-6-8-16(9-7-15)19-14-4-12-17-10-1-2-11-17/h6-9,18H,1-2,4,10-14H2. The highest BCUT2D eigenvalue weighted by atomic mass is 16.5. The molecule has 1 saturated heterocycles. The van der Waals surface area contributed by atoms with Crippen molar-refractivity contribution in [1.82, 2.24) is 4.90 Å². The molecule has 2 rings (SSSR count). The zero-order valence-corrected chi connectivity index (χ0v) is 11.3. The van der Waals surface area contributed by atoms with Crippen molar-refractivity contribution in [2.45, 2.75) is 19.3 Å². The van der Waals surface area contributed by atoms with E-state index in [4.69, 9.17) is 9.84 Å². The summed E-state index contributed by atoms with van der Waals surface area (Å²) in [7, 11) is 0. The average molecular weight is 259 g/mol. The van der Waals surface area contributed by atoms with E-state index in [1.165, 1.54) is 25.9 Å². The zero-order valence-electron chi connectivity index (χ0n) is 11.3. The lowest BCUT2D eigenvalue weighted by atomic mass is 10.2. The van der Waals surface area contributed by atoms with Gasteiger partial charge >= 0.3 is 0 Å². The predicted octanol–water partition coefficient (Wildman–Crippen LogP) is 1.90. The Morgan fingerprint density at radius 1 is 1.16 bits per heavy atom. The third-order valence-electron chi connectivity index (χ3n) is 3.25. The first kappa shape index (κ1) is 13.9. The lowest BCUT2D eigenvalue weighted by Gasteiger charge is -2.14. The van der Waals surface area contributed by atoms with Crippen molar-refractivity contribution >= 4 is 0 Å². The molecule has 1 aromatic carbocycles. The molecule has 1 N–H and O–H groups in total. The SMILES string of the molecule is OCC#Cc1ccc(OCCCN2CCCC2)cc1. The van der Waals surface area contributed by atoms with Crippen LogP contribution in [0.15, 0.2) is 24.3 Å². The van der Waals surface area contributed by atoms with Crippen LogP contribution in [0.2, 0.25) is 0 Å². The molecule has 1 heterocycles. The first-order valence-corrected chi connectivity index (χ1v) is 6.93. The monoisotopic (exact) mass is 259 g/mol. The molecule has 0 radical (unpaired) electrons. The Morgan fingerprint density at radius 3 is 2.58 bits per heavy atom. The Hall–Kier alpha value is -1.50. The van der Waals surface area contributed by atoms with Crippen LogP contribution in [-0.2, 0) is 0 Å². The summed E-state index contributed by atoms with van der Waals surface area (Å²) in [6, 6.07) is 7.69. The summed E-state index contributed by atoms with van der Waals surface area (Å²) in [5, 5.41) is 8.61. The van der Waals surface area contributed by atoms with Crippen molar-refractivity contribution in [3.05, 3.63) is 29.8 Å². The van der Waals surface area contributed by atoms with E-state index < -0.39 is 0 Å². The second-order valence-electron chi connectivity index (χ2n) is 4.74. The van der Waals surface area contributed by atoms with Gasteiger partial charge in [-0.15, -0.1) is 0 Å². The van der Waals surface area contributed by atoms with Crippen LogP contribution in [0.4, 0.5) is 0 Å². The molecular formula is C16H21NO2. The van der Waals surface area contributed by atoms with Gasteiger partial charge in [-0.2, -0.15) is 0 Å². The normalized spacial score (nSPS) is 15.0. The highest BCUT2D eigenvalue weighted by Gasteiger charge is 2.10. The van der Waals surface area contributed by atoms with Gasteiger partial charge in [-0.05, 0) is 56.6 Å². The van der Waals surface area contributed by atoms with E-state index in [2.05, 4.69) is 16.7 Å². The molecule has 0 aliphatic carbocycles. The Morgan fingerprint density at radius 2 is 1.89 bits per heavy atom. The van der Waals surface area contributed by atoms with Gasteiger partial charge in [0.05, 0.1) is 6.61 Å². The van der Waals surface area contributed by atoms with Gasteiger partial charge in [-0.1, -0.05) is 11.8 Å². The first-order chi connectivity index (χ1) is 9.38. The van der Waals surface area contributed by atoms with Crippen LogP contribution in [0.1, 0.15) is 24.8 Å². The molecule has 3 heteroatoms. The molecule has 1 aromatic rings. The van der Waals surface area contributed by atoms with E-state index >= 15 is 0 Å². The van der Waals surface area contributed by atoms with E-state index in [0.29, 0.717) is 0 Å². The van der Waals surface area contributed by atoms with Crippen LogP contribution < -0.4 is 4.74 Å². The van der Waals surface area contributed by atoms with Crippen LogP contribution in [0.25, 0.3) is 0 Å². The van der Waals surface area contributed by atoms with Crippen LogP contribution in [0, 0.1) is 11.8 Å². The second kappa shape index (κ2) is 7.83. The van der Waals surface area contributed by atoms with Gasteiger partial charge in [0, 0.05) is 12.1 Å². The fourth-order valence-corrected chi connectivity index (χ4v) is 2.26. The van der Waals surface area contributed by atoms with E-state index in [0.717, 1.165) is 30.9 Å². The summed E-state index contributed by atoms with van der Waals surface area (Å²) in [6.07, 6.45) is 3.76. The summed E-state index contributed by atoms with van der Waals surface area (Å²) >= 11 is 0. The van der Waals surface area contributed by atoms with E-state index in [9.17, 15) is 0 Å². The largest absolute Gasteiger partial charge is 0.494 e. The maximum atomic E-state index is 8.61. The van der Waals surface area contributed by atoms with Gasteiger partial charge in [0.1, 0.15) is 12.4 Å². The summed E-state index contributed by atoms with van der Waals surface area (Å²) < 4.78 is 5.70. The number of ether oxygens (including phenoxy) is 1. The van der Waals surface area contributed by atoms with Gasteiger partial charge in [0.25, 0.3) is 0 Å². The fourth-order valence-electron chi connectivity index (χ4n) is 2.26. The Labute approximate surface area is 115 Å². The molecule has 102 valence electrons. The molecule has 0 unspecified atom stereocenters. The number of hydrogen-bond acceptors (Lipinski definition) is 3. The molecule has 1 aliphatic rings. The zero-order chi connectivity index (χ0) is 13.3. The Kier molecular flexibility index (Phi) is 5.74. The number of rotatable bonds is 5. The minimum atomic E-state index is -0.102. The highest BCUT2D eigenvalue weighted by Crippen LogP contribution is 2.12. The molecular weight excluding hydrogens is 238 g/mol. The van der Waals surface area contributed by atoms with Gasteiger partial charge in [0.15, 0.2) is 0 Å². The quantitative estimate of drug-likeness (QED) is 0.647. The minimum absolute atomic E-state index is 0.102. The van der Waals surface area contributed by atoms with Crippen molar-refractivity contribution in [2.75, 3.05) is 32.8 Å². The fraction of sp³-hybridized carbons (Fsp3) is 0.500. The molecule has 0 bridgehead atoms. The van der Waals surface area contributed by atoms with Gasteiger partial charge in [-0.25, -0.2) is 0 Å². The lowest BCUT2D eigenvalue weighted by molar-refractivity contribution is 0.263. The highest BCUT2D eigenvalue weighted by molar-refractivity contribution is 5.38. The summed E-state index contributed by atoms with van der Waals surface area (Å²) in [5.41, 5.74) is 0.901. The van der Waals surface area contributed by atoms with Gasteiger partial charge < -0.3 is 14.7 Å². The number of benzene rings is 1. The molecule has 0 amide bonds. The molecule has 0 aromatic heterocycles. The predicted molar refractivity (Wildman–Crippen MR) is 76.2 cm³/mol.